The van der Waals surface area contributed by atoms with E-state index in [9.17, 15) is 4.79 Å². The molecule has 4 heteroatoms. The molecule has 0 aliphatic carbocycles. The van der Waals surface area contributed by atoms with Crippen molar-refractivity contribution in [2.24, 2.45) is 5.92 Å². The fourth-order valence-electron chi connectivity index (χ4n) is 0.590. The van der Waals surface area contributed by atoms with Crippen molar-refractivity contribution < 1.29 is 14.6 Å². The first kappa shape index (κ1) is 9.92. The van der Waals surface area contributed by atoms with Crippen molar-refractivity contribution in [1.82, 2.24) is 0 Å². The normalized spacial score (nSPS) is 14.7. The number of nitrogens with zero attached hydrogens (tertiary/aromatic N) is 1. The maximum Gasteiger partial charge on any atom is 0.326 e. The molecule has 2 atom stereocenters. The molecule has 0 radical (unpaired) electrons. The summed E-state index contributed by atoms with van der Waals surface area (Å²) < 4.78 is 4.53. The lowest BCUT2D eigenvalue weighted by atomic mass is 10.1. The van der Waals surface area contributed by atoms with Crippen molar-refractivity contribution >= 4 is 5.97 Å². The molecule has 11 heavy (non-hydrogen) atoms. The lowest BCUT2D eigenvalue weighted by molar-refractivity contribution is -0.148. The van der Waals surface area contributed by atoms with Gasteiger partial charge in [0.25, 0.3) is 0 Å². The van der Waals surface area contributed by atoms with Crippen LogP contribution in [0.2, 0.25) is 0 Å². The fourth-order valence-corrected chi connectivity index (χ4v) is 0.590. The summed E-state index contributed by atoms with van der Waals surface area (Å²) >= 11 is 0. The SMILES string of the molecule is CCOC(=O)C(C#N)[C@@H](C)O. The van der Waals surface area contributed by atoms with Crippen LogP contribution in [0.3, 0.4) is 0 Å². The molecule has 0 aromatic rings. The minimum atomic E-state index is -1.06. The Hall–Kier alpha value is -1.08. The molecule has 1 N–H and O–H groups in total. The highest BCUT2D eigenvalue weighted by atomic mass is 16.5. The number of hydrogen-bond donors (Lipinski definition) is 1. The van der Waals surface area contributed by atoms with Gasteiger partial charge < -0.3 is 9.84 Å². The van der Waals surface area contributed by atoms with Crippen molar-refractivity contribution in [3.8, 4) is 6.07 Å². The standard InChI is InChI=1S/C7H11NO3/c1-3-11-7(10)6(4-8)5(2)9/h5-6,9H,3H2,1-2H3/t5-,6?/m1/s1. The van der Waals surface area contributed by atoms with E-state index in [1.54, 1.807) is 13.0 Å². The predicted octanol–water partition coefficient (Wildman–Crippen LogP) is 0.0701. The average Bonchev–Trinajstić information content (AvgIpc) is 1.88. The van der Waals surface area contributed by atoms with Gasteiger partial charge in [0.15, 0.2) is 5.92 Å². The van der Waals surface area contributed by atoms with Crippen LogP contribution in [0.5, 0.6) is 0 Å². The van der Waals surface area contributed by atoms with Crippen LogP contribution in [0.1, 0.15) is 13.8 Å². The molecular weight excluding hydrogens is 146 g/mol. The summed E-state index contributed by atoms with van der Waals surface area (Å²) in [5, 5.41) is 17.3. The largest absolute Gasteiger partial charge is 0.465 e. The minimum Gasteiger partial charge on any atom is -0.465 e. The van der Waals surface area contributed by atoms with Gasteiger partial charge in [-0.2, -0.15) is 5.26 Å². The predicted molar refractivity (Wildman–Crippen MR) is 37.4 cm³/mol. The second-order valence-electron chi connectivity index (χ2n) is 2.10. The molecule has 0 aromatic heterocycles. The molecule has 0 amide bonds. The molecular formula is C7H11NO3. The molecule has 62 valence electrons. The van der Waals surface area contributed by atoms with E-state index in [1.807, 2.05) is 0 Å². The zero-order valence-electron chi connectivity index (χ0n) is 6.57. The Balaban J connectivity index is 4.06. The van der Waals surface area contributed by atoms with Gasteiger partial charge in [-0.25, -0.2) is 0 Å². The summed E-state index contributed by atoms with van der Waals surface area (Å²) in [6.45, 7) is 3.25. The Kier molecular flexibility index (Phi) is 4.23. The molecule has 0 bridgehead atoms. The van der Waals surface area contributed by atoms with Gasteiger partial charge in [0.1, 0.15) is 0 Å². The number of nitriles is 1. The number of ether oxygens (including phenoxy) is 1. The van der Waals surface area contributed by atoms with E-state index in [4.69, 9.17) is 10.4 Å². The van der Waals surface area contributed by atoms with Gasteiger partial charge in [-0.05, 0) is 13.8 Å². The summed E-state index contributed by atoms with van der Waals surface area (Å²) in [4.78, 5) is 10.8. The Morgan fingerprint density at radius 3 is 2.64 bits per heavy atom. The number of carbonyl (C=O) groups excluding carboxylic acids is 1. The van der Waals surface area contributed by atoms with Gasteiger partial charge in [0, 0.05) is 0 Å². The van der Waals surface area contributed by atoms with Gasteiger partial charge in [0.05, 0.1) is 18.8 Å². The lowest BCUT2D eigenvalue weighted by Crippen LogP contribution is -2.26. The zero-order chi connectivity index (χ0) is 8.85. The molecule has 1 unspecified atom stereocenters. The van der Waals surface area contributed by atoms with E-state index in [2.05, 4.69) is 4.74 Å². The second kappa shape index (κ2) is 4.69. The van der Waals surface area contributed by atoms with E-state index in [0.29, 0.717) is 0 Å². The van der Waals surface area contributed by atoms with E-state index in [-0.39, 0.29) is 6.61 Å². The Morgan fingerprint density at radius 2 is 2.36 bits per heavy atom. The first-order chi connectivity index (χ1) is 5.13. The maximum atomic E-state index is 10.8. The third kappa shape index (κ3) is 3.01. The number of hydrogen-bond acceptors (Lipinski definition) is 4. The number of carbonyl (C=O) groups is 1. The highest BCUT2D eigenvalue weighted by Gasteiger charge is 2.24. The molecule has 0 rings (SSSR count). The van der Waals surface area contributed by atoms with E-state index >= 15 is 0 Å². The van der Waals surface area contributed by atoms with Crippen LogP contribution in [0.4, 0.5) is 0 Å². The average molecular weight is 157 g/mol. The van der Waals surface area contributed by atoms with Crippen molar-refractivity contribution in [3.63, 3.8) is 0 Å². The second-order valence-corrected chi connectivity index (χ2v) is 2.10. The molecule has 0 heterocycles. The molecule has 0 saturated carbocycles. The van der Waals surface area contributed by atoms with E-state index < -0.39 is 18.0 Å². The summed E-state index contributed by atoms with van der Waals surface area (Å²) in [6, 6.07) is 1.66. The lowest BCUT2D eigenvalue weighted by Gasteiger charge is -2.09. The van der Waals surface area contributed by atoms with Crippen molar-refractivity contribution in [2.45, 2.75) is 20.0 Å². The number of esters is 1. The molecule has 4 nitrogen and oxygen atoms in total. The van der Waals surface area contributed by atoms with Crippen LogP contribution < -0.4 is 0 Å². The third-order valence-electron chi connectivity index (χ3n) is 1.16. The van der Waals surface area contributed by atoms with Gasteiger partial charge in [-0.3, -0.25) is 4.79 Å². The minimum absolute atomic E-state index is 0.226. The first-order valence-corrected chi connectivity index (χ1v) is 3.37. The summed E-state index contributed by atoms with van der Waals surface area (Å²) in [7, 11) is 0. The van der Waals surface area contributed by atoms with Gasteiger partial charge >= 0.3 is 5.97 Å². The first-order valence-electron chi connectivity index (χ1n) is 3.37. The molecule has 0 aliphatic rings. The van der Waals surface area contributed by atoms with E-state index in [0.717, 1.165) is 0 Å². The van der Waals surface area contributed by atoms with Crippen LogP contribution in [0.25, 0.3) is 0 Å². The zero-order valence-corrected chi connectivity index (χ0v) is 6.57. The van der Waals surface area contributed by atoms with E-state index in [1.165, 1.54) is 6.92 Å². The van der Waals surface area contributed by atoms with Crippen molar-refractivity contribution in [1.29, 1.82) is 5.26 Å². The smallest absolute Gasteiger partial charge is 0.326 e. The monoisotopic (exact) mass is 157 g/mol. The topological polar surface area (TPSA) is 70.3 Å². The van der Waals surface area contributed by atoms with Crippen LogP contribution in [0, 0.1) is 17.2 Å². The van der Waals surface area contributed by atoms with Crippen LogP contribution in [-0.2, 0) is 9.53 Å². The summed E-state index contributed by atoms with van der Waals surface area (Å²) in [6.07, 6.45) is -0.973. The van der Waals surface area contributed by atoms with Crippen molar-refractivity contribution in [3.05, 3.63) is 0 Å². The number of aliphatic hydroxyl groups is 1. The summed E-state index contributed by atoms with van der Waals surface area (Å²) in [5.74, 6) is -1.72. The van der Waals surface area contributed by atoms with Gasteiger partial charge in [-0.1, -0.05) is 0 Å². The molecule has 0 saturated heterocycles. The quantitative estimate of drug-likeness (QED) is 0.588. The Morgan fingerprint density at radius 1 is 1.82 bits per heavy atom. The Bertz CT molecular complexity index is 171. The van der Waals surface area contributed by atoms with Crippen molar-refractivity contribution in [2.75, 3.05) is 6.61 Å². The fraction of sp³-hybridized carbons (Fsp3) is 0.714. The highest BCUT2D eigenvalue weighted by Crippen LogP contribution is 2.03. The maximum absolute atomic E-state index is 10.8. The van der Waals surface area contributed by atoms with Crippen LogP contribution >= 0.6 is 0 Å². The molecule has 0 aromatic carbocycles. The summed E-state index contributed by atoms with van der Waals surface area (Å²) in [5.41, 5.74) is 0. The number of rotatable bonds is 3. The van der Waals surface area contributed by atoms with Gasteiger partial charge in [0.2, 0.25) is 0 Å². The molecule has 0 fully saturated rings. The van der Waals surface area contributed by atoms with Gasteiger partial charge in [-0.15, -0.1) is 0 Å². The molecule has 0 aliphatic heterocycles. The highest BCUT2D eigenvalue weighted by molar-refractivity contribution is 5.75. The number of aliphatic hydroxyl groups excluding tert-OH is 1. The van der Waals surface area contributed by atoms with Crippen LogP contribution in [0.15, 0.2) is 0 Å². The molecule has 0 spiro atoms. The van der Waals surface area contributed by atoms with Crippen LogP contribution in [-0.4, -0.2) is 23.8 Å². The third-order valence-corrected chi connectivity index (χ3v) is 1.16. The Labute approximate surface area is 65.4 Å².